The van der Waals surface area contributed by atoms with Crippen molar-refractivity contribution in [3.8, 4) is 0 Å². The summed E-state index contributed by atoms with van der Waals surface area (Å²) in [5.41, 5.74) is 7.65. The van der Waals surface area contributed by atoms with Crippen molar-refractivity contribution in [2.24, 2.45) is 5.92 Å². The topological polar surface area (TPSA) is 101 Å². The highest BCUT2D eigenvalue weighted by Gasteiger charge is 2.25. The lowest BCUT2D eigenvalue weighted by Gasteiger charge is -2.35. The third-order valence-corrected chi connectivity index (χ3v) is 7.97. The fraction of sp³-hybridized carbons (Fsp3) is 0.476. The molecule has 2 aliphatic rings. The van der Waals surface area contributed by atoms with Crippen LogP contribution in [0.25, 0.3) is 10.2 Å². The van der Waals surface area contributed by atoms with E-state index in [-0.39, 0.29) is 5.91 Å². The van der Waals surface area contributed by atoms with Crippen LogP contribution in [0.5, 0.6) is 0 Å². The molecule has 3 aromatic rings. The average Bonchev–Trinajstić information content (AvgIpc) is 3.16. The summed E-state index contributed by atoms with van der Waals surface area (Å²) in [6.45, 7) is 5.15. The summed E-state index contributed by atoms with van der Waals surface area (Å²) in [6.07, 6.45) is 8.45. The predicted octanol–water partition coefficient (Wildman–Crippen LogP) is 2.63. The molecule has 0 unspecified atom stereocenters. The monoisotopic (exact) mass is 455 g/mol. The van der Waals surface area contributed by atoms with Crippen LogP contribution in [0.3, 0.4) is 0 Å². The first-order valence-electron chi connectivity index (χ1n) is 10.6. The molecule has 3 aromatic heterocycles. The Kier molecular flexibility index (Phi) is 5.66. The van der Waals surface area contributed by atoms with E-state index in [0.717, 1.165) is 42.0 Å². The van der Waals surface area contributed by atoms with Gasteiger partial charge in [0.05, 0.1) is 17.3 Å². The first kappa shape index (κ1) is 20.4. The molecule has 1 aliphatic heterocycles. The third kappa shape index (κ3) is 4.18. The predicted molar refractivity (Wildman–Crippen MR) is 125 cm³/mol. The molecular weight excluding hydrogens is 430 g/mol. The van der Waals surface area contributed by atoms with E-state index in [1.165, 1.54) is 28.6 Å². The Hall–Kier alpha value is -2.46. The maximum atomic E-state index is 12.7. The van der Waals surface area contributed by atoms with E-state index in [0.29, 0.717) is 35.7 Å². The minimum Gasteiger partial charge on any atom is -0.383 e. The van der Waals surface area contributed by atoms with Gasteiger partial charge in [0.15, 0.2) is 5.16 Å². The molecule has 162 valence electrons. The lowest BCUT2D eigenvalue weighted by molar-refractivity contribution is -0.128. The molecular formula is C21H25N7OS2. The van der Waals surface area contributed by atoms with Crippen LogP contribution < -0.4 is 10.6 Å². The van der Waals surface area contributed by atoms with Gasteiger partial charge in [0, 0.05) is 43.4 Å². The normalized spacial score (nSPS) is 18.9. The van der Waals surface area contributed by atoms with Crippen LogP contribution in [0.2, 0.25) is 0 Å². The Bertz CT molecular complexity index is 1100. The summed E-state index contributed by atoms with van der Waals surface area (Å²) >= 11 is 3.11. The third-order valence-electron chi connectivity index (χ3n) is 5.99. The largest absolute Gasteiger partial charge is 0.383 e. The molecule has 1 atom stereocenters. The van der Waals surface area contributed by atoms with Crippen molar-refractivity contribution >= 4 is 50.9 Å². The summed E-state index contributed by atoms with van der Waals surface area (Å²) in [7, 11) is 0. The number of nitrogen functional groups attached to an aromatic ring is 1. The molecule has 0 bridgehead atoms. The van der Waals surface area contributed by atoms with E-state index in [9.17, 15) is 4.79 Å². The number of hydrogen-bond acceptors (Lipinski definition) is 9. The van der Waals surface area contributed by atoms with Gasteiger partial charge >= 0.3 is 0 Å². The van der Waals surface area contributed by atoms with E-state index >= 15 is 0 Å². The van der Waals surface area contributed by atoms with Gasteiger partial charge in [0.2, 0.25) is 5.91 Å². The van der Waals surface area contributed by atoms with Gasteiger partial charge in [-0.05, 0) is 30.7 Å². The quantitative estimate of drug-likeness (QED) is 0.473. The molecule has 0 spiro atoms. The van der Waals surface area contributed by atoms with Crippen molar-refractivity contribution in [1.29, 1.82) is 0 Å². The van der Waals surface area contributed by atoms with Crippen LogP contribution >= 0.6 is 23.1 Å². The zero-order valence-corrected chi connectivity index (χ0v) is 19.1. The van der Waals surface area contributed by atoms with Crippen LogP contribution in [-0.2, 0) is 17.6 Å². The molecule has 5 rings (SSSR count). The maximum absolute atomic E-state index is 12.7. The summed E-state index contributed by atoms with van der Waals surface area (Å²) in [6, 6.07) is 0. The van der Waals surface area contributed by atoms with E-state index in [2.05, 4.69) is 26.8 Å². The van der Waals surface area contributed by atoms with Gasteiger partial charge in [-0.1, -0.05) is 18.7 Å². The van der Waals surface area contributed by atoms with Crippen molar-refractivity contribution in [3.63, 3.8) is 0 Å². The van der Waals surface area contributed by atoms with Crippen LogP contribution in [0.15, 0.2) is 23.7 Å². The average molecular weight is 456 g/mol. The lowest BCUT2D eigenvalue weighted by Crippen LogP contribution is -2.49. The highest BCUT2D eigenvalue weighted by molar-refractivity contribution is 7.99. The number of amides is 1. The molecule has 8 nitrogen and oxygen atoms in total. The van der Waals surface area contributed by atoms with Gasteiger partial charge in [-0.25, -0.2) is 15.0 Å². The number of thioether (sulfide) groups is 1. The number of carbonyl (C=O) groups is 1. The Morgan fingerprint density at radius 3 is 2.87 bits per heavy atom. The molecule has 1 saturated heterocycles. The van der Waals surface area contributed by atoms with Crippen LogP contribution in [0.1, 0.15) is 23.8 Å². The van der Waals surface area contributed by atoms with E-state index in [4.69, 9.17) is 10.7 Å². The first-order valence-corrected chi connectivity index (χ1v) is 12.4. The fourth-order valence-electron chi connectivity index (χ4n) is 4.27. The molecule has 2 N–H and O–H groups in total. The minimum absolute atomic E-state index is 0.102. The van der Waals surface area contributed by atoms with Crippen molar-refractivity contribution < 1.29 is 4.79 Å². The van der Waals surface area contributed by atoms with E-state index in [1.54, 1.807) is 29.9 Å². The number of piperazine rings is 1. The fourth-order valence-corrected chi connectivity index (χ4v) is 6.47. The van der Waals surface area contributed by atoms with Crippen LogP contribution in [0.4, 0.5) is 11.6 Å². The number of nitrogens with two attached hydrogens (primary N) is 1. The van der Waals surface area contributed by atoms with Crippen molar-refractivity contribution in [3.05, 3.63) is 29.0 Å². The highest BCUT2D eigenvalue weighted by Crippen LogP contribution is 2.39. The summed E-state index contributed by atoms with van der Waals surface area (Å²) < 4.78 is 0. The molecule has 0 saturated carbocycles. The number of aryl methyl sites for hydroxylation is 1. The maximum Gasteiger partial charge on any atom is 0.233 e. The van der Waals surface area contributed by atoms with E-state index in [1.807, 2.05) is 4.90 Å². The second-order valence-electron chi connectivity index (χ2n) is 8.14. The SMILES string of the molecule is C[C@H]1CCc2c(sc3nc(SCC(=O)N4CCN(c5cnccn5)CC4)nc(N)c23)C1. The van der Waals surface area contributed by atoms with E-state index < -0.39 is 0 Å². The van der Waals surface area contributed by atoms with Crippen LogP contribution in [0, 0.1) is 5.92 Å². The zero-order chi connectivity index (χ0) is 21.4. The molecule has 0 aromatic carbocycles. The molecule has 10 heteroatoms. The first-order chi connectivity index (χ1) is 15.1. The highest BCUT2D eigenvalue weighted by atomic mass is 32.2. The van der Waals surface area contributed by atoms with Gasteiger partial charge in [0.25, 0.3) is 0 Å². The number of hydrogen-bond donors (Lipinski definition) is 1. The zero-order valence-electron chi connectivity index (χ0n) is 17.5. The Morgan fingerprint density at radius 2 is 2.10 bits per heavy atom. The molecule has 0 radical (unpaired) electrons. The summed E-state index contributed by atoms with van der Waals surface area (Å²) in [5, 5.41) is 1.62. The Morgan fingerprint density at radius 1 is 1.26 bits per heavy atom. The summed E-state index contributed by atoms with van der Waals surface area (Å²) in [5.74, 6) is 2.53. The number of aromatic nitrogens is 4. The van der Waals surface area contributed by atoms with Gasteiger partial charge in [-0.15, -0.1) is 11.3 Å². The second kappa shape index (κ2) is 8.58. The number of fused-ring (bicyclic) bond motifs is 3. The summed E-state index contributed by atoms with van der Waals surface area (Å²) in [4.78, 5) is 36.8. The molecule has 1 aliphatic carbocycles. The minimum atomic E-state index is 0.102. The molecule has 31 heavy (non-hydrogen) atoms. The van der Waals surface area contributed by atoms with Gasteiger partial charge < -0.3 is 15.5 Å². The van der Waals surface area contributed by atoms with Crippen molar-refractivity contribution in [2.75, 3.05) is 42.6 Å². The standard InChI is InChI=1S/C21H25N7OS2/c1-13-2-3-14-15(10-13)31-20-18(14)19(22)25-21(26-20)30-12-17(29)28-8-6-27(7-9-28)16-11-23-4-5-24-16/h4-5,11,13H,2-3,6-10,12H2,1H3,(H2,22,25,26)/t13-/m0/s1. The Labute approximate surface area is 189 Å². The second-order valence-corrected chi connectivity index (χ2v) is 10.2. The number of thiophene rings is 1. The number of carbonyl (C=O) groups excluding carboxylic acids is 1. The van der Waals surface area contributed by atoms with Gasteiger partial charge in [-0.3, -0.25) is 9.78 Å². The smallest absolute Gasteiger partial charge is 0.233 e. The Balaban J connectivity index is 1.21. The van der Waals surface area contributed by atoms with Crippen LogP contribution in [-0.4, -0.2) is 62.7 Å². The van der Waals surface area contributed by atoms with Crippen molar-refractivity contribution in [1.82, 2.24) is 24.8 Å². The molecule has 1 amide bonds. The number of anilines is 2. The van der Waals surface area contributed by atoms with Gasteiger partial charge in [-0.2, -0.15) is 0 Å². The van der Waals surface area contributed by atoms with Crippen molar-refractivity contribution in [2.45, 2.75) is 31.3 Å². The number of nitrogens with zero attached hydrogens (tertiary/aromatic N) is 6. The molecule has 1 fully saturated rings. The number of rotatable bonds is 4. The lowest BCUT2D eigenvalue weighted by atomic mass is 9.89. The van der Waals surface area contributed by atoms with Gasteiger partial charge in [0.1, 0.15) is 16.5 Å². The molecule has 4 heterocycles.